The molecule has 4 heteroatoms. The molecule has 1 aromatic carbocycles. The number of nitrogens with one attached hydrogen (secondary N) is 1. The average molecular weight is 302 g/mol. The van der Waals surface area contributed by atoms with Crippen molar-refractivity contribution in [3.63, 3.8) is 0 Å². The lowest BCUT2D eigenvalue weighted by Gasteiger charge is -2.29. The molecule has 1 aliphatic heterocycles. The van der Waals surface area contributed by atoms with Crippen LogP contribution in [0.25, 0.3) is 11.0 Å². The van der Waals surface area contributed by atoms with E-state index in [0.29, 0.717) is 0 Å². The summed E-state index contributed by atoms with van der Waals surface area (Å²) in [4.78, 5) is 11.9. The molecule has 0 spiro atoms. The van der Waals surface area contributed by atoms with Gasteiger partial charge in [-0.25, -0.2) is 9.97 Å². The Morgan fingerprint density at radius 2 is 1.50 bits per heavy atom. The number of fused-ring (bicyclic) bond motifs is 1. The summed E-state index contributed by atoms with van der Waals surface area (Å²) in [7, 11) is 0. The molecule has 0 saturated carbocycles. The average Bonchev–Trinajstić information content (AvgIpc) is 2.64. The van der Waals surface area contributed by atoms with Crippen molar-refractivity contribution in [2.45, 2.75) is 41.0 Å². The number of piperazine rings is 1. The topological polar surface area (TPSA) is 41.1 Å². The van der Waals surface area contributed by atoms with Crippen LogP contribution in [0.2, 0.25) is 0 Å². The van der Waals surface area contributed by atoms with Gasteiger partial charge in [0.1, 0.15) is 0 Å². The number of aryl methyl sites for hydroxylation is 1. The van der Waals surface area contributed by atoms with Crippen LogP contribution < -0.4 is 10.2 Å². The fourth-order valence-electron chi connectivity index (χ4n) is 2.39. The maximum Gasteiger partial charge on any atom is 0.151 e. The smallest absolute Gasteiger partial charge is 0.151 e. The van der Waals surface area contributed by atoms with Crippen LogP contribution in [0.3, 0.4) is 0 Å². The Labute approximate surface area is 135 Å². The first-order chi connectivity index (χ1) is 10.9. The number of hydrogen-bond donors (Lipinski definition) is 1. The number of aromatic nitrogens is 2. The summed E-state index contributed by atoms with van der Waals surface area (Å²) in [5, 5.41) is 3.37. The fourth-order valence-corrected chi connectivity index (χ4v) is 2.39. The molecule has 122 valence electrons. The zero-order valence-corrected chi connectivity index (χ0v) is 14.7. The van der Waals surface area contributed by atoms with Crippen LogP contribution in [0, 0.1) is 0 Å². The summed E-state index contributed by atoms with van der Waals surface area (Å²) < 4.78 is 0. The predicted molar refractivity (Wildman–Crippen MR) is 96.7 cm³/mol. The zero-order valence-electron chi connectivity index (χ0n) is 14.7. The fraction of sp³-hybridized carbons (Fsp3) is 0.556. The summed E-state index contributed by atoms with van der Waals surface area (Å²) in [5.74, 6) is 1.07. The van der Waals surface area contributed by atoms with Gasteiger partial charge in [0.05, 0.1) is 16.7 Å². The van der Waals surface area contributed by atoms with Gasteiger partial charge in [-0.2, -0.15) is 0 Å². The van der Waals surface area contributed by atoms with E-state index in [-0.39, 0.29) is 0 Å². The molecule has 2 aromatic rings. The molecular formula is C18H30N4. The van der Waals surface area contributed by atoms with E-state index in [4.69, 9.17) is 9.97 Å². The summed E-state index contributed by atoms with van der Waals surface area (Å²) >= 11 is 0. The van der Waals surface area contributed by atoms with E-state index >= 15 is 0 Å². The summed E-state index contributed by atoms with van der Waals surface area (Å²) in [6.45, 7) is 14.2. The van der Waals surface area contributed by atoms with Crippen molar-refractivity contribution in [2.24, 2.45) is 0 Å². The molecule has 2 heterocycles. The lowest BCUT2D eigenvalue weighted by atomic mass is 10.2. The largest absolute Gasteiger partial charge is 0.353 e. The molecule has 0 atom stereocenters. The van der Waals surface area contributed by atoms with Crippen LogP contribution >= 0.6 is 0 Å². The molecule has 1 fully saturated rings. The van der Waals surface area contributed by atoms with E-state index in [0.717, 1.165) is 55.1 Å². The van der Waals surface area contributed by atoms with Crippen molar-refractivity contribution < 1.29 is 0 Å². The van der Waals surface area contributed by atoms with Crippen molar-refractivity contribution in [1.29, 1.82) is 0 Å². The number of para-hydroxylation sites is 2. The first kappa shape index (κ1) is 18.4. The number of anilines is 1. The second-order valence-corrected chi connectivity index (χ2v) is 4.57. The highest BCUT2D eigenvalue weighted by Crippen LogP contribution is 2.21. The van der Waals surface area contributed by atoms with Gasteiger partial charge in [-0.3, -0.25) is 0 Å². The quantitative estimate of drug-likeness (QED) is 0.919. The molecular weight excluding hydrogens is 272 g/mol. The van der Waals surface area contributed by atoms with E-state index in [1.165, 1.54) is 0 Å². The lowest BCUT2D eigenvalue weighted by Crippen LogP contribution is -2.44. The van der Waals surface area contributed by atoms with E-state index in [1.807, 2.05) is 52.0 Å². The minimum atomic E-state index is 0.928. The molecule has 0 aliphatic carbocycles. The standard InChI is InChI=1S/C14H18N4.2C2H6/c1-2-11-14(18-9-7-15-8-10-18)17-13-6-4-3-5-12(13)16-11;2*1-2/h3-6,15H,2,7-10H2,1H3;2*1-2H3. The SMILES string of the molecule is CC.CC.CCc1nc2ccccc2nc1N1CCNCC1. The number of benzene rings is 1. The molecule has 1 saturated heterocycles. The minimum absolute atomic E-state index is 0.928. The molecule has 1 aliphatic rings. The molecule has 0 unspecified atom stereocenters. The molecule has 0 radical (unpaired) electrons. The second-order valence-electron chi connectivity index (χ2n) is 4.57. The lowest BCUT2D eigenvalue weighted by molar-refractivity contribution is 0.583. The Hall–Kier alpha value is -1.68. The Balaban J connectivity index is 0.000000561. The minimum Gasteiger partial charge on any atom is -0.353 e. The molecule has 0 amide bonds. The monoisotopic (exact) mass is 302 g/mol. The van der Waals surface area contributed by atoms with Gasteiger partial charge in [0.2, 0.25) is 0 Å². The highest BCUT2D eigenvalue weighted by Gasteiger charge is 2.16. The van der Waals surface area contributed by atoms with Crippen LogP contribution in [0.4, 0.5) is 5.82 Å². The number of hydrogen-bond acceptors (Lipinski definition) is 4. The molecule has 22 heavy (non-hydrogen) atoms. The van der Waals surface area contributed by atoms with Crippen LogP contribution in [0.15, 0.2) is 24.3 Å². The van der Waals surface area contributed by atoms with Gasteiger partial charge < -0.3 is 10.2 Å². The third kappa shape index (κ3) is 4.41. The van der Waals surface area contributed by atoms with Crippen molar-refractivity contribution in [1.82, 2.24) is 15.3 Å². The Bertz CT molecular complexity index is 548. The number of nitrogens with zero attached hydrogens (tertiary/aromatic N) is 3. The van der Waals surface area contributed by atoms with Gasteiger partial charge in [-0.1, -0.05) is 46.8 Å². The van der Waals surface area contributed by atoms with Gasteiger partial charge in [-0.05, 0) is 18.6 Å². The van der Waals surface area contributed by atoms with Crippen molar-refractivity contribution in [3.8, 4) is 0 Å². The first-order valence-electron chi connectivity index (χ1n) is 8.60. The zero-order chi connectivity index (χ0) is 16.4. The maximum absolute atomic E-state index is 4.81. The van der Waals surface area contributed by atoms with Crippen LogP contribution in [0.1, 0.15) is 40.3 Å². The van der Waals surface area contributed by atoms with E-state index in [9.17, 15) is 0 Å². The third-order valence-electron chi connectivity index (χ3n) is 3.37. The number of rotatable bonds is 2. The van der Waals surface area contributed by atoms with Gasteiger partial charge in [0, 0.05) is 26.2 Å². The van der Waals surface area contributed by atoms with Crippen LogP contribution in [-0.2, 0) is 6.42 Å². The summed E-state index contributed by atoms with van der Waals surface area (Å²) in [6, 6.07) is 8.10. The van der Waals surface area contributed by atoms with Gasteiger partial charge in [0.25, 0.3) is 0 Å². The highest BCUT2D eigenvalue weighted by molar-refractivity contribution is 5.76. The molecule has 3 rings (SSSR count). The Morgan fingerprint density at radius 3 is 2.05 bits per heavy atom. The molecule has 1 aromatic heterocycles. The normalized spacial score (nSPS) is 13.8. The molecule has 1 N–H and O–H groups in total. The maximum atomic E-state index is 4.81. The van der Waals surface area contributed by atoms with Gasteiger partial charge >= 0.3 is 0 Å². The molecule has 0 bridgehead atoms. The van der Waals surface area contributed by atoms with Crippen molar-refractivity contribution >= 4 is 16.9 Å². The van der Waals surface area contributed by atoms with E-state index in [1.54, 1.807) is 0 Å². The highest BCUT2D eigenvalue weighted by atomic mass is 15.2. The van der Waals surface area contributed by atoms with E-state index < -0.39 is 0 Å². The van der Waals surface area contributed by atoms with Crippen LogP contribution in [0.5, 0.6) is 0 Å². The van der Waals surface area contributed by atoms with Crippen molar-refractivity contribution in [3.05, 3.63) is 30.0 Å². The van der Waals surface area contributed by atoms with E-state index in [2.05, 4.69) is 17.1 Å². The Kier molecular flexibility index (Phi) is 8.44. The van der Waals surface area contributed by atoms with Crippen LogP contribution in [-0.4, -0.2) is 36.1 Å². The molecule has 4 nitrogen and oxygen atoms in total. The predicted octanol–water partition coefficient (Wildman–Crippen LogP) is 3.65. The summed E-state index contributed by atoms with van der Waals surface area (Å²) in [5.41, 5.74) is 3.09. The second kappa shape index (κ2) is 10.1. The Morgan fingerprint density at radius 1 is 0.955 bits per heavy atom. The third-order valence-corrected chi connectivity index (χ3v) is 3.37. The van der Waals surface area contributed by atoms with Gasteiger partial charge in [-0.15, -0.1) is 0 Å². The van der Waals surface area contributed by atoms with Crippen molar-refractivity contribution in [2.75, 3.05) is 31.1 Å². The van der Waals surface area contributed by atoms with Gasteiger partial charge in [0.15, 0.2) is 5.82 Å². The first-order valence-corrected chi connectivity index (χ1v) is 8.60. The summed E-state index contributed by atoms with van der Waals surface area (Å²) in [6.07, 6.45) is 0.928.